The first-order valence-corrected chi connectivity index (χ1v) is 7.39. The van der Waals surface area contributed by atoms with Crippen LogP contribution in [0.5, 0.6) is 0 Å². The minimum Gasteiger partial charge on any atom is -0.403 e. The van der Waals surface area contributed by atoms with Gasteiger partial charge in [0.2, 0.25) is 0 Å². The van der Waals surface area contributed by atoms with Crippen LogP contribution in [0.15, 0.2) is 54.7 Å². The van der Waals surface area contributed by atoms with E-state index in [9.17, 15) is 0 Å². The standard InChI is InChI=1S/C12H12.C3H7NS.C3H7N/c1-2-10-7-5-8-11-6-3-4-9-12(10)11;1-3(5)4-2;1-3(2)4/h3-9H,2H2,1H3;1-2H3,(H,4,5);1,4H2,2H3. The number of rotatable bonds is 1. The molecule has 2 rings (SSSR count). The number of benzene rings is 2. The van der Waals surface area contributed by atoms with E-state index in [4.69, 9.17) is 5.73 Å². The molecule has 3 heteroatoms. The zero-order valence-corrected chi connectivity index (χ0v) is 14.3. The first-order valence-electron chi connectivity index (χ1n) is 6.98. The molecule has 21 heavy (non-hydrogen) atoms. The van der Waals surface area contributed by atoms with Crippen LogP contribution in [-0.2, 0) is 6.42 Å². The van der Waals surface area contributed by atoms with E-state index < -0.39 is 0 Å². The molecule has 0 spiro atoms. The molecule has 0 saturated carbocycles. The first kappa shape index (κ1) is 19.1. The van der Waals surface area contributed by atoms with Gasteiger partial charge in [0.25, 0.3) is 0 Å². The van der Waals surface area contributed by atoms with Crippen molar-refractivity contribution in [1.29, 1.82) is 0 Å². The number of thiocarbonyl (C=S) groups is 1. The fraction of sp³-hybridized carbons (Fsp3) is 0.278. The maximum Gasteiger partial charge on any atom is 0.0719 e. The van der Waals surface area contributed by atoms with Crippen LogP contribution in [0.1, 0.15) is 26.3 Å². The third-order valence-electron chi connectivity index (χ3n) is 2.61. The lowest BCUT2D eigenvalue weighted by Gasteiger charge is -2.02. The van der Waals surface area contributed by atoms with Crippen molar-refractivity contribution >= 4 is 28.0 Å². The summed E-state index contributed by atoms with van der Waals surface area (Å²) < 4.78 is 0. The van der Waals surface area contributed by atoms with Crippen molar-refractivity contribution in [2.75, 3.05) is 7.05 Å². The number of hydrogen-bond acceptors (Lipinski definition) is 2. The van der Waals surface area contributed by atoms with Gasteiger partial charge in [-0.2, -0.15) is 0 Å². The molecular weight excluding hydrogens is 276 g/mol. The van der Waals surface area contributed by atoms with Crippen molar-refractivity contribution < 1.29 is 0 Å². The Morgan fingerprint density at radius 1 is 1.14 bits per heavy atom. The van der Waals surface area contributed by atoms with Gasteiger partial charge < -0.3 is 11.1 Å². The van der Waals surface area contributed by atoms with Gasteiger partial charge in [-0.15, -0.1) is 0 Å². The maximum absolute atomic E-state index is 4.92. The van der Waals surface area contributed by atoms with Gasteiger partial charge in [-0.05, 0) is 42.3 Å². The van der Waals surface area contributed by atoms with Gasteiger partial charge in [0.05, 0.1) is 4.99 Å². The molecule has 0 atom stereocenters. The van der Waals surface area contributed by atoms with Crippen LogP contribution in [0.4, 0.5) is 0 Å². The molecule has 114 valence electrons. The van der Waals surface area contributed by atoms with E-state index in [1.165, 1.54) is 16.3 Å². The van der Waals surface area contributed by atoms with Crippen LogP contribution in [-0.4, -0.2) is 12.0 Å². The third-order valence-corrected chi connectivity index (χ3v) is 2.82. The fourth-order valence-corrected chi connectivity index (χ4v) is 1.60. The molecule has 0 radical (unpaired) electrons. The summed E-state index contributed by atoms with van der Waals surface area (Å²) in [7, 11) is 1.81. The Morgan fingerprint density at radius 2 is 1.62 bits per heavy atom. The van der Waals surface area contributed by atoms with E-state index in [0.717, 1.165) is 11.4 Å². The summed E-state index contributed by atoms with van der Waals surface area (Å²) in [5.41, 5.74) is 7.02. The van der Waals surface area contributed by atoms with Crippen LogP contribution in [0.25, 0.3) is 10.8 Å². The highest BCUT2D eigenvalue weighted by Gasteiger charge is 1.95. The summed E-state index contributed by atoms with van der Waals surface area (Å²) in [6, 6.07) is 15.0. The Bertz CT molecular complexity index is 567. The predicted octanol–water partition coefficient (Wildman–Crippen LogP) is 4.43. The number of nitrogens with two attached hydrogens (primary N) is 1. The summed E-state index contributed by atoms with van der Waals surface area (Å²) in [5.74, 6) is 0. The number of aryl methyl sites for hydroxylation is 1. The number of nitrogens with one attached hydrogen (secondary N) is 1. The minimum atomic E-state index is 0.667. The Labute approximate surface area is 134 Å². The molecule has 2 aromatic rings. The van der Waals surface area contributed by atoms with Gasteiger partial charge in [-0.25, -0.2) is 0 Å². The molecular formula is C18H26N2S. The number of hydrogen-bond donors (Lipinski definition) is 2. The molecule has 0 aliphatic carbocycles. The summed E-state index contributed by atoms with van der Waals surface area (Å²) in [4.78, 5) is 0.838. The van der Waals surface area contributed by atoms with Gasteiger partial charge >= 0.3 is 0 Å². The highest BCUT2D eigenvalue weighted by atomic mass is 32.1. The topological polar surface area (TPSA) is 38.0 Å². The molecule has 0 saturated heterocycles. The van der Waals surface area contributed by atoms with Crippen LogP contribution in [0.3, 0.4) is 0 Å². The van der Waals surface area contributed by atoms with Crippen molar-refractivity contribution in [1.82, 2.24) is 5.32 Å². The largest absolute Gasteiger partial charge is 0.403 e. The average molecular weight is 302 g/mol. The van der Waals surface area contributed by atoms with Crippen LogP contribution < -0.4 is 11.1 Å². The maximum atomic E-state index is 4.92. The zero-order chi connectivity index (χ0) is 16.3. The Balaban J connectivity index is 0.000000374. The molecule has 0 aliphatic heterocycles. The lowest BCUT2D eigenvalue weighted by molar-refractivity contribution is 1.16. The lowest BCUT2D eigenvalue weighted by Crippen LogP contribution is -2.09. The van der Waals surface area contributed by atoms with Crippen molar-refractivity contribution in [3.63, 3.8) is 0 Å². The van der Waals surface area contributed by atoms with Gasteiger partial charge in [-0.3, -0.25) is 0 Å². The predicted molar refractivity (Wildman–Crippen MR) is 99.7 cm³/mol. The first-order chi connectivity index (χ1) is 9.92. The lowest BCUT2D eigenvalue weighted by atomic mass is 10.0. The molecule has 0 aliphatic rings. The van der Waals surface area contributed by atoms with Crippen molar-refractivity contribution in [3.8, 4) is 0 Å². The molecule has 0 fully saturated rings. The van der Waals surface area contributed by atoms with Gasteiger partial charge in [0.15, 0.2) is 0 Å². The van der Waals surface area contributed by atoms with E-state index in [1.807, 2.05) is 14.0 Å². The van der Waals surface area contributed by atoms with E-state index in [2.05, 4.69) is 73.5 Å². The quantitative estimate of drug-likeness (QED) is 0.765. The Kier molecular flexibility index (Phi) is 9.90. The summed E-state index contributed by atoms with van der Waals surface area (Å²) >= 11 is 4.59. The van der Waals surface area contributed by atoms with E-state index >= 15 is 0 Å². The average Bonchev–Trinajstić information content (AvgIpc) is 2.46. The van der Waals surface area contributed by atoms with E-state index in [0.29, 0.717) is 5.70 Å². The second-order valence-electron chi connectivity index (χ2n) is 4.64. The highest BCUT2D eigenvalue weighted by molar-refractivity contribution is 7.80. The molecule has 0 bridgehead atoms. The van der Waals surface area contributed by atoms with Crippen molar-refractivity contribution in [3.05, 3.63) is 60.3 Å². The Hall–Kier alpha value is -1.87. The van der Waals surface area contributed by atoms with Crippen molar-refractivity contribution in [2.24, 2.45) is 5.73 Å². The molecule has 0 aromatic heterocycles. The zero-order valence-electron chi connectivity index (χ0n) is 13.4. The smallest absolute Gasteiger partial charge is 0.0719 e. The SMILES string of the molecule is C=C(C)N.CCc1cccc2ccccc12.CNC(C)=S. The molecule has 0 heterocycles. The van der Waals surface area contributed by atoms with Crippen LogP contribution in [0.2, 0.25) is 0 Å². The molecule has 2 aromatic carbocycles. The second-order valence-corrected chi connectivity index (χ2v) is 5.26. The normalized spacial score (nSPS) is 8.76. The highest BCUT2D eigenvalue weighted by Crippen LogP contribution is 2.18. The minimum absolute atomic E-state index is 0.667. The summed E-state index contributed by atoms with van der Waals surface area (Å²) in [6.45, 7) is 9.12. The Morgan fingerprint density at radius 3 is 2.10 bits per heavy atom. The van der Waals surface area contributed by atoms with Gasteiger partial charge in [-0.1, -0.05) is 68.2 Å². The third kappa shape index (κ3) is 8.82. The molecule has 2 nitrogen and oxygen atoms in total. The van der Waals surface area contributed by atoms with Crippen LogP contribution in [0, 0.1) is 0 Å². The molecule has 3 N–H and O–H groups in total. The fourth-order valence-electron chi connectivity index (χ4n) is 1.60. The van der Waals surface area contributed by atoms with Gasteiger partial charge in [0.1, 0.15) is 0 Å². The number of allylic oxidation sites excluding steroid dienone is 1. The van der Waals surface area contributed by atoms with Crippen molar-refractivity contribution in [2.45, 2.75) is 27.2 Å². The van der Waals surface area contributed by atoms with E-state index in [-0.39, 0.29) is 0 Å². The number of fused-ring (bicyclic) bond motifs is 1. The second kappa shape index (κ2) is 10.9. The summed E-state index contributed by atoms with van der Waals surface area (Å²) in [6.07, 6.45) is 1.11. The molecule has 0 amide bonds. The van der Waals surface area contributed by atoms with Crippen LogP contribution >= 0.6 is 12.2 Å². The van der Waals surface area contributed by atoms with E-state index in [1.54, 1.807) is 6.92 Å². The summed E-state index contributed by atoms with van der Waals surface area (Å²) in [5, 5.41) is 5.49. The monoisotopic (exact) mass is 302 g/mol. The van der Waals surface area contributed by atoms with Gasteiger partial charge in [0, 0.05) is 7.05 Å². The molecule has 0 unspecified atom stereocenters.